The fourth-order valence-electron chi connectivity index (χ4n) is 2.19. The van der Waals surface area contributed by atoms with E-state index >= 15 is 0 Å². The molecule has 3 aromatic rings. The number of phenolic OH excluding ortho intramolecular Hbond substituents is 1. The summed E-state index contributed by atoms with van der Waals surface area (Å²) in [7, 11) is 0. The first kappa shape index (κ1) is 16.5. The molecule has 0 fully saturated rings. The topological polar surface area (TPSA) is 41.5 Å². The van der Waals surface area contributed by atoms with Crippen molar-refractivity contribution in [3.8, 4) is 17.2 Å². The largest absolute Gasteiger partial charge is 0.504 e. The molecule has 3 nitrogen and oxygen atoms in total. The molecule has 3 rings (SSSR count). The molecule has 0 heterocycles. The fraction of sp³-hybridized carbons (Fsp3) is 0.0526. The van der Waals surface area contributed by atoms with Crippen LogP contribution in [0.1, 0.15) is 5.56 Å². The van der Waals surface area contributed by atoms with Crippen molar-refractivity contribution < 1.29 is 9.84 Å². The highest BCUT2D eigenvalue weighted by Gasteiger charge is 2.08. The van der Waals surface area contributed by atoms with E-state index in [-0.39, 0.29) is 5.75 Å². The number of rotatable bonds is 5. The Hall–Kier alpha value is -2.36. The van der Waals surface area contributed by atoms with Gasteiger partial charge in [0.05, 0.1) is 5.02 Å². The molecule has 3 aromatic carbocycles. The number of hydrogen-bond donors (Lipinski definition) is 2. The maximum absolute atomic E-state index is 9.84. The molecular weight excluding hydrogens is 345 g/mol. The lowest BCUT2D eigenvalue weighted by Gasteiger charge is -2.12. The smallest absolute Gasteiger partial charge is 0.169 e. The Bertz CT molecular complexity index is 838. The highest BCUT2D eigenvalue weighted by Crippen LogP contribution is 2.36. The predicted octanol–water partition coefficient (Wildman–Crippen LogP) is 6.10. The number of phenols is 1. The molecule has 0 radical (unpaired) electrons. The molecule has 0 aromatic heterocycles. The van der Waals surface area contributed by atoms with Crippen molar-refractivity contribution >= 4 is 28.9 Å². The third kappa shape index (κ3) is 4.13. The van der Waals surface area contributed by atoms with Gasteiger partial charge in [0.25, 0.3) is 0 Å². The molecule has 0 amide bonds. The summed E-state index contributed by atoms with van der Waals surface area (Å²) in [5, 5.41) is 14.0. The molecule has 5 heteroatoms. The average molecular weight is 360 g/mol. The minimum Gasteiger partial charge on any atom is -0.504 e. The van der Waals surface area contributed by atoms with Gasteiger partial charge in [0.1, 0.15) is 5.75 Å². The van der Waals surface area contributed by atoms with Crippen LogP contribution in [0.3, 0.4) is 0 Å². The van der Waals surface area contributed by atoms with Gasteiger partial charge in [-0.3, -0.25) is 0 Å². The van der Waals surface area contributed by atoms with E-state index in [1.165, 1.54) is 11.6 Å². The van der Waals surface area contributed by atoms with Gasteiger partial charge in [-0.25, -0.2) is 0 Å². The second-order valence-corrected chi connectivity index (χ2v) is 6.04. The number of nitrogens with one attached hydrogen (secondary N) is 1. The van der Waals surface area contributed by atoms with E-state index in [1.54, 1.807) is 24.3 Å². The lowest BCUT2D eigenvalue weighted by atomic mass is 10.2. The van der Waals surface area contributed by atoms with E-state index in [2.05, 4.69) is 17.4 Å². The first-order chi connectivity index (χ1) is 11.6. The van der Waals surface area contributed by atoms with Gasteiger partial charge in [0, 0.05) is 23.3 Å². The number of hydrogen-bond acceptors (Lipinski definition) is 3. The quantitative estimate of drug-likeness (QED) is 0.577. The van der Waals surface area contributed by atoms with Crippen molar-refractivity contribution in [2.24, 2.45) is 0 Å². The maximum Gasteiger partial charge on any atom is 0.169 e. The number of anilines is 1. The van der Waals surface area contributed by atoms with Gasteiger partial charge in [-0.2, -0.15) is 0 Å². The number of benzene rings is 3. The molecule has 0 saturated carbocycles. The van der Waals surface area contributed by atoms with Crippen molar-refractivity contribution in [3.63, 3.8) is 0 Å². The summed E-state index contributed by atoms with van der Waals surface area (Å²) in [6.07, 6.45) is 0. The summed E-state index contributed by atoms with van der Waals surface area (Å²) in [5.74, 6) is 0.718. The zero-order valence-corrected chi connectivity index (χ0v) is 14.2. The van der Waals surface area contributed by atoms with Crippen LogP contribution in [0, 0.1) is 0 Å². The summed E-state index contributed by atoms with van der Waals surface area (Å²) in [6.45, 7) is 0.704. The Kier molecular flexibility index (Phi) is 5.14. The molecule has 0 unspecified atom stereocenters. The van der Waals surface area contributed by atoms with Crippen LogP contribution in [-0.2, 0) is 6.54 Å². The van der Waals surface area contributed by atoms with Crippen molar-refractivity contribution in [2.45, 2.75) is 6.54 Å². The molecule has 0 atom stereocenters. The van der Waals surface area contributed by atoms with Crippen LogP contribution >= 0.6 is 23.2 Å². The monoisotopic (exact) mass is 359 g/mol. The Morgan fingerprint density at radius 3 is 2.33 bits per heavy atom. The summed E-state index contributed by atoms with van der Waals surface area (Å²) in [4.78, 5) is 0. The molecule has 0 aliphatic carbocycles. The maximum atomic E-state index is 9.84. The van der Waals surface area contributed by atoms with Crippen LogP contribution in [0.2, 0.25) is 10.0 Å². The number of halogens is 2. The third-order valence-electron chi connectivity index (χ3n) is 3.41. The Morgan fingerprint density at radius 2 is 1.62 bits per heavy atom. The van der Waals surface area contributed by atoms with Gasteiger partial charge in [0.15, 0.2) is 11.5 Å². The van der Waals surface area contributed by atoms with E-state index in [9.17, 15) is 5.11 Å². The predicted molar refractivity (Wildman–Crippen MR) is 98.4 cm³/mol. The average Bonchev–Trinajstić information content (AvgIpc) is 2.58. The number of aromatic hydroxyl groups is 1. The summed E-state index contributed by atoms with van der Waals surface area (Å²) >= 11 is 12.1. The van der Waals surface area contributed by atoms with Gasteiger partial charge in [-0.15, -0.1) is 0 Å². The molecular formula is C19H15Cl2NO2. The molecule has 0 bridgehead atoms. The second kappa shape index (κ2) is 7.47. The molecule has 0 aliphatic rings. The normalized spacial score (nSPS) is 10.4. The van der Waals surface area contributed by atoms with Gasteiger partial charge in [0.2, 0.25) is 0 Å². The lowest BCUT2D eigenvalue weighted by molar-refractivity contribution is 0.411. The van der Waals surface area contributed by atoms with Crippen LogP contribution in [-0.4, -0.2) is 5.11 Å². The van der Waals surface area contributed by atoms with E-state index in [4.69, 9.17) is 27.9 Å². The lowest BCUT2D eigenvalue weighted by Crippen LogP contribution is -1.99. The van der Waals surface area contributed by atoms with E-state index in [1.807, 2.05) is 24.3 Å². The summed E-state index contributed by atoms with van der Waals surface area (Å²) in [5.41, 5.74) is 2.07. The van der Waals surface area contributed by atoms with Crippen molar-refractivity contribution in [1.82, 2.24) is 0 Å². The Balaban J connectivity index is 1.70. The highest BCUT2D eigenvalue weighted by atomic mass is 35.5. The molecule has 24 heavy (non-hydrogen) atoms. The van der Waals surface area contributed by atoms with E-state index in [0.29, 0.717) is 28.1 Å². The van der Waals surface area contributed by atoms with Crippen LogP contribution in [0.25, 0.3) is 0 Å². The van der Waals surface area contributed by atoms with Crippen LogP contribution in [0.15, 0.2) is 66.7 Å². The van der Waals surface area contributed by atoms with Crippen molar-refractivity contribution in [3.05, 3.63) is 82.3 Å². The van der Waals surface area contributed by atoms with Crippen LogP contribution in [0.5, 0.6) is 17.2 Å². The second-order valence-electron chi connectivity index (χ2n) is 5.20. The summed E-state index contributed by atoms with van der Waals surface area (Å²) < 4.78 is 5.64. The van der Waals surface area contributed by atoms with Crippen LogP contribution < -0.4 is 10.1 Å². The zero-order chi connectivity index (χ0) is 16.9. The van der Waals surface area contributed by atoms with Gasteiger partial charge >= 0.3 is 0 Å². The standard InChI is InChI=1S/C19H15Cl2NO2/c20-14-6-8-19(17(23)10-14)24-18-9-7-15(11-16(18)21)22-12-13-4-2-1-3-5-13/h1-11,22-23H,12H2. The highest BCUT2D eigenvalue weighted by molar-refractivity contribution is 6.32. The SMILES string of the molecule is Oc1cc(Cl)ccc1Oc1ccc(NCc2ccccc2)cc1Cl. The van der Waals surface area contributed by atoms with Gasteiger partial charge < -0.3 is 15.2 Å². The molecule has 0 saturated heterocycles. The molecule has 2 N–H and O–H groups in total. The minimum absolute atomic E-state index is 0.0372. The van der Waals surface area contributed by atoms with Crippen molar-refractivity contribution in [2.75, 3.05) is 5.32 Å². The summed E-state index contributed by atoms with van der Waals surface area (Å²) in [6, 6.07) is 20.1. The van der Waals surface area contributed by atoms with E-state index in [0.717, 1.165) is 5.69 Å². The molecule has 0 spiro atoms. The Labute approximate surface area is 150 Å². The van der Waals surface area contributed by atoms with Gasteiger partial charge in [-0.05, 0) is 35.9 Å². The molecule has 0 aliphatic heterocycles. The molecule has 122 valence electrons. The minimum atomic E-state index is -0.0372. The first-order valence-electron chi connectivity index (χ1n) is 7.35. The number of ether oxygens (including phenoxy) is 1. The van der Waals surface area contributed by atoms with Crippen molar-refractivity contribution in [1.29, 1.82) is 0 Å². The fourth-order valence-corrected chi connectivity index (χ4v) is 2.57. The zero-order valence-electron chi connectivity index (χ0n) is 12.7. The first-order valence-corrected chi connectivity index (χ1v) is 8.11. The Morgan fingerprint density at radius 1 is 0.875 bits per heavy atom. The van der Waals surface area contributed by atoms with E-state index < -0.39 is 0 Å². The third-order valence-corrected chi connectivity index (χ3v) is 3.94. The van der Waals surface area contributed by atoms with Gasteiger partial charge in [-0.1, -0.05) is 53.5 Å². The van der Waals surface area contributed by atoms with Crippen LogP contribution in [0.4, 0.5) is 5.69 Å².